The summed E-state index contributed by atoms with van der Waals surface area (Å²) in [7, 11) is 1.62. The minimum absolute atomic E-state index is 0.108. The van der Waals surface area contributed by atoms with Crippen molar-refractivity contribution >= 4 is 35.0 Å². The van der Waals surface area contributed by atoms with Crippen LogP contribution in [0.25, 0.3) is 0 Å². The molecule has 104 valence electrons. The first-order valence-electron chi connectivity index (χ1n) is 6.09. The van der Waals surface area contributed by atoms with Crippen LogP contribution >= 0.6 is 23.4 Å². The number of hydrogen-bond donors (Lipinski definition) is 2. The Labute approximate surface area is 127 Å². The fraction of sp³-hybridized carbons (Fsp3) is 0.133. The van der Waals surface area contributed by atoms with Crippen molar-refractivity contribution in [3.63, 3.8) is 0 Å². The Kier molecular flexibility index (Phi) is 4.93. The number of carbonyl (C=O) groups is 1. The van der Waals surface area contributed by atoms with Crippen LogP contribution in [0.5, 0.6) is 0 Å². The van der Waals surface area contributed by atoms with E-state index in [0.717, 1.165) is 16.2 Å². The number of hydrogen-bond acceptors (Lipinski definition) is 3. The van der Waals surface area contributed by atoms with Gasteiger partial charge in [0.25, 0.3) is 5.91 Å². The molecule has 0 saturated heterocycles. The van der Waals surface area contributed by atoms with Crippen LogP contribution in [0.2, 0.25) is 5.02 Å². The predicted molar refractivity (Wildman–Crippen MR) is 85.3 cm³/mol. The molecule has 2 aromatic rings. The van der Waals surface area contributed by atoms with Gasteiger partial charge in [-0.05, 0) is 35.9 Å². The second-order valence-electron chi connectivity index (χ2n) is 4.25. The summed E-state index contributed by atoms with van der Waals surface area (Å²) < 4.78 is 0. The maximum atomic E-state index is 11.8. The highest BCUT2D eigenvalue weighted by molar-refractivity contribution is 7.98. The van der Waals surface area contributed by atoms with E-state index in [9.17, 15) is 4.79 Å². The number of amides is 1. The molecular weight excluding hydrogens is 292 g/mol. The van der Waals surface area contributed by atoms with E-state index >= 15 is 0 Å². The molecule has 0 aliphatic carbocycles. The smallest absolute Gasteiger partial charge is 0.252 e. The van der Waals surface area contributed by atoms with Crippen LogP contribution in [0.3, 0.4) is 0 Å². The number of nitrogen functional groups attached to an aromatic ring is 1. The van der Waals surface area contributed by atoms with E-state index in [1.807, 2.05) is 30.3 Å². The first-order valence-corrected chi connectivity index (χ1v) is 7.45. The molecule has 0 fully saturated rings. The van der Waals surface area contributed by atoms with E-state index in [4.69, 9.17) is 17.3 Å². The minimum Gasteiger partial charge on any atom is -0.399 e. The van der Waals surface area contributed by atoms with Crippen molar-refractivity contribution < 1.29 is 4.79 Å². The SMILES string of the molecule is CNC(=O)c1ccc(N)cc1SCc1ccc(Cl)cc1. The summed E-state index contributed by atoms with van der Waals surface area (Å²) in [6.07, 6.45) is 0. The van der Waals surface area contributed by atoms with Crippen LogP contribution in [-0.4, -0.2) is 13.0 Å². The molecule has 0 aliphatic heterocycles. The zero-order valence-corrected chi connectivity index (χ0v) is 12.6. The van der Waals surface area contributed by atoms with Gasteiger partial charge in [-0.15, -0.1) is 11.8 Å². The molecule has 2 rings (SSSR count). The fourth-order valence-corrected chi connectivity index (χ4v) is 2.90. The van der Waals surface area contributed by atoms with Crippen LogP contribution in [0.4, 0.5) is 5.69 Å². The molecule has 0 radical (unpaired) electrons. The van der Waals surface area contributed by atoms with Gasteiger partial charge in [0.05, 0.1) is 5.56 Å². The number of benzene rings is 2. The molecule has 1 amide bonds. The Hall–Kier alpha value is -1.65. The van der Waals surface area contributed by atoms with Gasteiger partial charge < -0.3 is 11.1 Å². The van der Waals surface area contributed by atoms with Gasteiger partial charge in [0.1, 0.15) is 0 Å². The monoisotopic (exact) mass is 306 g/mol. The van der Waals surface area contributed by atoms with Gasteiger partial charge in [0.15, 0.2) is 0 Å². The first-order chi connectivity index (χ1) is 9.60. The van der Waals surface area contributed by atoms with Crippen LogP contribution in [0.1, 0.15) is 15.9 Å². The lowest BCUT2D eigenvalue weighted by Crippen LogP contribution is -2.18. The third-order valence-corrected chi connectivity index (χ3v) is 4.16. The van der Waals surface area contributed by atoms with E-state index in [2.05, 4.69) is 5.32 Å². The van der Waals surface area contributed by atoms with Crippen molar-refractivity contribution in [3.05, 3.63) is 58.6 Å². The minimum atomic E-state index is -0.108. The van der Waals surface area contributed by atoms with Gasteiger partial charge in [-0.1, -0.05) is 23.7 Å². The molecule has 0 bridgehead atoms. The van der Waals surface area contributed by atoms with Crippen LogP contribution in [0, 0.1) is 0 Å². The maximum Gasteiger partial charge on any atom is 0.252 e. The van der Waals surface area contributed by atoms with Gasteiger partial charge in [-0.25, -0.2) is 0 Å². The summed E-state index contributed by atoms with van der Waals surface area (Å²) in [5, 5.41) is 3.35. The zero-order valence-electron chi connectivity index (χ0n) is 11.0. The van der Waals surface area contributed by atoms with Crippen LogP contribution in [-0.2, 0) is 5.75 Å². The van der Waals surface area contributed by atoms with Gasteiger partial charge in [-0.3, -0.25) is 4.79 Å². The Morgan fingerprint density at radius 3 is 2.60 bits per heavy atom. The van der Waals surface area contributed by atoms with Crippen molar-refractivity contribution in [2.24, 2.45) is 0 Å². The van der Waals surface area contributed by atoms with Crippen molar-refractivity contribution in [2.45, 2.75) is 10.6 Å². The zero-order chi connectivity index (χ0) is 14.5. The third kappa shape index (κ3) is 3.68. The lowest BCUT2D eigenvalue weighted by atomic mass is 10.2. The summed E-state index contributed by atoms with van der Waals surface area (Å²) in [5.74, 6) is 0.647. The van der Waals surface area contributed by atoms with Gasteiger partial charge in [0, 0.05) is 28.4 Å². The van der Waals surface area contributed by atoms with E-state index in [1.165, 1.54) is 0 Å². The number of anilines is 1. The molecule has 0 spiro atoms. The maximum absolute atomic E-state index is 11.8. The summed E-state index contributed by atoms with van der Waals surface area (Å²) in [4.78, 5) is 12.7. The lowest BCUT2D eigenvalue weighted by molar-refractivity contribution is 0.0960. The Morgan fingerprint density at radius 1 is 1.25 bits per heavy atom. The molecule has 0 aromatic heterocycles. The number of halogens is 1. The van der Waals surface area contributed by atoms with Crippen LogP contribution in [0.15, 0.2) is 47.4 Å². The van der Waals surface area contributed by atoms with E-state index < -0.39 is 0 Å². The Bertz CT molecular complexity index is 614. The lowest BCUT2D eigenvalue weighted by Gasteiger charge is -2.09. The summed E-state index contributed by atoms with van der Waals surface area (Å²) in [6.45, 7) is 0. The average Bonchev–Trinajstić information content (AvgIpc) is 2.46. The quantitative estimate of drug-likeness (QED) is 0.670. The van der Waals surface area contributed by atoms with Crippen molar-refractivity contribution in [2.75, 3.05) is 12.8 Å². The highest BCUT2D eigenvalue weighted by Crippen LogP contribution is 2.28. The van der Waals surface area contributed by atoms with Gasteiger partial charge >= 0.3 is 0 Å². The molecule has 3 N–H and O–H groups in total. The summed E-state index contributed by atoms with van der Waals surface area (Å²) in [5.41, 5.74) is 8.23. The highest BCUT2D eigenvalue weighted by Gasteiger charge is 2.10. The number of thioether (sulfide) groups is 1. The van der Waals surface area contributed by atoms with Crippen molar-refractivity contribution in [1.82, 2.24) is 5.32 Å². The fourth-order valence-electron chi connectivity index (χ4n) is 1.72. The number of nitrogens with one attached hydrogen (secondary N) is 1. The summed E-state index contributed by atoms with van der Waals surface area (Å²) >= 11 is 7.44. The second kappa shape index (κ2) is 6.68. The van der Waals surface area contributed by atoms with Gasteiger partial charge in [-0.2, -0.15) is 0 Å². The predicted octanol–water partition coefficient (Wildman–Crippen LogP) is 3.57. The topological polar surface area (TPSA) is 55.1 Å². The molecular formula is C15H15ClN2OS. The molecule has 0 saturated carbocycles. The average molecular weight is 307 g/mol. The molecule has 20 heavy (non-hydrogen) atoms. The van der Waals surface area contributed by atoms with E-state index in [1.54, 1.807) is 30.9 Å². The largest absolute Gasteiger partial charge is 0.399 e. The molecule has 5 heteroatoms. The first kappa shape index (κ1) is 14.8. The van der Waals surface area contributed by atoms with Gasteiger partial charge in [0.2, 0.25) is 0 Å². The van der Waals surface area contributed by atoms with Crippen molar-refractivity contribution in [1.29, 1.82) is 0 Å². The second-order valence-corrected chi connectivity index (χ2v) is 5.70. The molecule has 0 atom stereocenters. The van der Waals surface area contributed by atoms with E-state index in [-0.39, 0.29) is 5.91 Å². The Morgan fingerprint density at radius 2 is 1.95 bits per heavy atom. The Balaban J connectivity index is 2.17. The van der Waals surface area contributed by atoms with E-state index in [0.29, 0.717) is 16.3 Å². The molecule has 0 unspecified atom stereocenters. The number of nitrogens with two attached hydrogens (primary N) is 1. The molecule has 3 nitrogen and oxygen atoms in total. The molecule has 2 aromatic carbocycles. The van der Waals surface area contributed by atoms with Crippen LogP contribution < -0.4 is 11.1 Å². The highest BCUT2D eigenvalue weighted by atomic mass is 35.5. The number of carbonyl (C=O) groups excluding carboxylic acids is 1. The number of rotatable bonds is 4. The van der Waals surface area contributed by atoms with Crippen molar-refractivity contribution in [3.8, 4) is 0 Å². The third-order valence-electron chi connectivity index (χ3n) is 2.78. The normalized spacial score (nSPS) is 10.3. The molecule has 0 aliphatic rings. The summed E-state index contributed by atoms with van der Waals surface area (Å²) in [6, 6.07) is 13.0. The standard InChI is InChI=1S/C15H15ClN2OS/c1-18-15(19)13-7-6-12(17)8-14(13)20-9-10-2-4-11(16)5-3-10/h2-8H,9,17H2,1H3,(H,18,19). The molecule has 0 heterocycles.